The van der Waals surface area contributed by atoms with Gasteiger partial charge in [0.25, 0.3) is 0 Å². The topological polar surface area (TPSA) is 29.5 Å². The molecule has 2 atom stereocenters. The van der Waals surface area contributed by atoms with Gasteiger partial charge in [0.2, 0.25) is 0 Å². The number of esters is 1. The second-order valence-corrected chi connectivity index (χ2v) is 8.16. The molecular formula is C24H29NO2. The summed E-state index contributed by atoms with van der Waals surface area (Å²) in [6.07, 6.45) is 5.43. The summed E-state index contributed by atoms with van der Waals surface area (Å²) in [6.45, 7) is 3.35. The van der Waals surface area contributed by atoms with E-state index in [2.05, 4.69) is 35.2 Å². The third kappa shape index (κ3) is 4.59. The Kier molecular flexibility index (Phi) is 5.58. The number of carbonyl (C=O) groups excluding carboxylic acids is 1. The van der Waals surface area contributed by atoms with Crippen molar-refractivity contribution in [2.45, 2.75) is 38.1 Å². The highest BCUT2D eigenvalue weighted by molar-refractivity contribution is 5.89. The van der Waals surface area contributed by atoms with Crippen molar-refractivity contribution < 1.29 is 9.53 Å². The molecule has 2 aromatic rings. The average molecular weight is 364 g/mol. The molecule has 27 heavy (non-hydrogen) atoms. The van der Waals surface area contributed by atoms with Crippen molar-refractivity contribution in [3.63, 3.8) is 0 Å². The molecule has 1 aliphatic heterocycles. The molecule has 0 spiro atoms. The molecule has 3 heteroatoms. The first-order valence-electron chi connectivity index (χ1n) is 10.2. The zero-order chi connectivity index (χ0) is 18.6. The number of likely N-dealkylation sites (tertiary alicyclic amines) is 1. The molecule has 1 saturated heterocycles. The van der Waals surface area contributed by atoms with Gasteiger partial charge in [0.05, 0.1) is 12.7 Å². The number of carbonyl (C=O) groups is 1. The zero-order valence-electron chi connectivity index (χ0n) is 16.1. The highest BCUT2D eigenvalue weighted by atomic mass is 16.5. The lowest BCUT2D eigenvalue weighted by atomic mass is 9.90. The highest BCUT2D eigenvalue weighted by Gasteiger charge is 2.39. The minimum Gasteiger partial charge on any atom is -0.465 e. The number of benzene rings is 2. The summed E-state index contributed by atoms with van der Waals surface area (Å²) in [5, 5.41) is 0. The van der Waals surface area contributed by atoms with Crippen LogP contribution in [0.4, 0.5) is 0 Å². The first-order chi connectivity index (χ1) is 13.2. The fourth-order valence-electron chi connectivity index (χ4n) is 4.55. The number of hydrogen-bond acceptors (Lipinski definition) is 3. The Morgan fingerprint density at radius 2 is 1.74 bits per heavy atom. The van der Waals surface area contributed by atoms with Crippen LogP contribution in [0.3, 0.4) is 0 Å². The van der Waals surface area contributed by atoms with E-state index >= 15 is 0 Å². The quantitative estimate of drug-likeness (QED) is 0.685. The first-order valence-corrected chi connectivity index (χ1v) is 10.2. The number of nitrogens with zero attached hydrogens (tertiary/aromatic N) is 1. The van der Waals surface area contributed by atoms with Crippen LogP contribution >= 0.6 is 0 Å². The molecule has 1 heterocycles. The lowest BCUT2D eigenvalue weighted by Gasteiger charge is -2.32. The molecular weight excluding hydrogens is 334 g/mol. The standard InChI is InChI=1S/C24H29NO2/c1-27-24(26)21-9-7-19(8-10-21)17-25-13-11-18(12-14-25)15-22-16-23(22)20-5-3-2-4-6-20/h2-10,18,22-23H,11-17H2,1H3/t22-,23?/m1/s1. The van der Waals surface area contributed by atoms with E-state index in [1.807, 2.05) is 24.3 Å². The summed E-state index contributed by atoms with van der Waals surface area (Å²) in [5.74, 6) is 2.35. The summed E-state index contributed by atoms with van der Waals surface area (Å²) in [4.78, 5) is 14.1. The summed E-state index contributed by atoms with van der Waals surface area (Å²) in [5.41, 5.74) is 3.43. The van der Waals surface area contributed by atoms with Gasteiger partial charge >= 0.3 is 5.97 Å². The van der Waals surface area contributed by atoms with Crippen molar-refractivity contribution in [1.82, 2.24) is 4.90 Å². The maximum absolute atomic E-state index is 11.5. The summed E-state index contributed by atoms with van der Waals surface area (Å²) < 4.78 is 4.76. The molecule has 1 aliphatic carbocycles. The lowest BCUT2D eigenvalue weighted by molar-refractivity contribution is 0.0600. The maximum atomic E-state index is 11.5. The van der Waals surface area contributed by atoms with Gasteiger partial charge in [-0.15, -0.1) is 0 Å². The van der Waals surface area contributed by atoms with Crippen LogP contribution in [0.1, 0.15) is 53.1 Å². The average Bonchev–Trinajstić information content (AvgIpc) is 3.49. The number of piperidine rings is 1. The van der Waals surface area contributed by atoms with Gasteiger partial charge < -0.3 is 4.74 Å². The van der Waals surface area contributed by atoms with Crippen LogP contribution in [0.5, 0.6) is 0 Å². The van der Waals surface area contributed by atoms with Crippen molar-refractivity contribution in [3.8, 4) is 0 Å². The van der Waals surface area contributed by atoms with Gasteiger partial charge in [-0.05, 0) is 79.8 Å². The molecule has 0 radical (unpaired) electrons. The van der Waals surface area contributed by atoms with Gasteiger partial charge in [-0.25, -0.2) is 4.79 Å². The predicted octanol–water partition coefficient (Wildman–Crippen LogP) is 4.88. The number of ether oxygens (including phenoxy) is 1. The largest absolute Gasteiger partial charge is 0.465 e. The van der Waals surface area contributed by atoms with E-state index in [1.165, 1.54) is 57.0 Å². The van der Waals surface area contributed by atoms with Crippen LogP contribution in [0.2, 0.25) is 0 Å². The van der Waals surface area contributed by atoms with Crippen molar-refractivity contribution >= 4 is 5.97 Å². The maximum Gasteiger partial charge on any atom is 0.337 e. The summed E-state index contributed by atoms with van der Waals surface area (Å²) >= 11 is 0. The molecule has 142 valence electrons. The van der Waals surface area contributed by atoms with Crippen LogP contribution in [0.15, 0.2) is 54.6 Å². The van der Waals surface area contributed by atoms with Gasteiger partial charge in [-0.1, -0.05) is 42.5 Å². The molecule has 4 rings (SSSR count). The second kappa shape index (κ2) is 8.26. The normalized spacial score (nSPS) is 23.1. The third-order valence-electron chi connectivity index (χ3n) is 6.27. The summed E-state index contributed by atoms with van der Waals surface area (Å²) in [6, 6.07) is 18.9. The molecule has 2 fully saturated rings. The van der Waals surface area contributed by atoms with E-state index in [9.17, 15) is 4.79 Å². The minimum atomic E-state index is -0.267. The van der Waals surface area contributed by atoms with Gasteiger partial charge in [-0.3, -0.25) is 4.90 Å². The van der Waals surface area contributed by atoms with E-state index in [4.69, 9.17) is 4.74 Å². The Labute approximate surface area is 162 Å². The van der Waals surface area contributed by atoms with Crippen LogP contribution in [-0.4, -0.2) is 31.1 Å². The highest BCUT2D eigenvalue weighted by Crippen LogP contribution is 2.51. The molecule has 2 aliphatic rings. The van der Waals surface area contributed by atoms with E-state index in [-0.39, 0.29) is 5.97 Å². The van der Waals surface area contributed by atoms with Crippen LogP contribution in [-0.2, 0) is 11.3 Å². The van der Waals surface area contributed by atoms with Crippen molar-refractivity contribution in [3.05, 3.63) is 71.3 Å². The fraction of sp³-hybridized carbons (Fsp3) is 0.458. The van der Waals surface area contributed by atoms with Crippen molar-refractivity contribution in [2.24, 2.45) is 11.8 Å². The number of methoxy groups -OCH3 is 1. The van der Waals surface area contributed by atoms with E-state index in [0.29, 0.717) is 5.56 Å². The summed E-state index contributed by atoms with van der Waals surface area (Å²) in [7, 11) is 1.42. The van der Waals surface area contributed by atoms with E-state index in [1.54, 1.807) is 0 Å². The predicted molar refractivity (Wildman–Crippen MR) is 108 cm³/mol. The molecule has 1 saturated carbocycles. The fourth-order valence-corrected chi connectivity index (χ4v) is 4.55. The number of rotatable bonds is 6. The zero-order valence-corrected chi connectivity index (χ0v) is 16.1. The van der Waals surface area contributed by atoms with Gasteiger partial charge in [0.15, 0.2) is 0 Å². The Morgan fingerprint density at radius 3 is 2.41 bits per heavy atom. The molecule has 1 unspecified atom stereocenters. The van der Waals surface area contributed by atoms with Crippen molar-refractivity contribution in [1.29, 1.82) is 0 Å². The molecule has 2 aromatic carbocycles. The Morgan fingerprint density at radius 1 is 1.04 bits per heavy atom. The minimum absolute atomic E-state index is 0.267. The van der Waals surface area contributed by atoms with Gasteiger partial charge in [-0.2, -0.15) is 0 Å². The third-order valence-corrected chi connectivity index (χ3v) is 6.27. The molecule has 0 amide bonds. The lowest BCUT2D eigenvalue weighted by Crippen LogP contribution is -2.33. The SMILES string of the molecule is COC(=O)c1ccc(CN2CCC(C[C@@H]3CC3c3ccccc3)CC2)cc1. The van der Waals surface area contributed by atoms with Gasteiger partial charge in [0, 0.05) is 6.54 Å². The van der Waals surface area contributed by atoms with E-state index in [0.717, 1.165) is 24.3 Å². The van der Waals surface area contributed by atoms with E-state index < -0.39 is 0 Å². The first kappa shape index (κ1) is 18.2. The molecule has 0 N–H and O–H groups in total. The molecule has 0 bridgehead atoms. The molecule has 3 nitrogen and oxygen atoms in total. The van der Waals surface area contributed by atoms with Crippen LogP contribution in [0, 0.1) is 11.8 Å². The van der Waals surface area contributed by atoms with Crippen molar-refractivity contribution in [2.75, 3.05) is 20.2 Å². The Balaban J connectivity index is 1.21. The van der Waals surface area contributed by atoms with Crippen LogP contribution < -0.4 is 0 Å². The molecule has 0 aromatic heterocycles. The van der Waals surface area contributed by atoms with Crippen LogP contribution in [0.25, 0.3) is 0 Å². The monoisotopic (exact) mass is 363 g/mol. The van der Waals surface area contributed by atoms with Gasteiger partial charge in [0.1, 0.15) is 0 Å². The number of hydrogen-bond donors (Lipinski definition) is 0. The Bertz CT molecular complexity index is 748. The smallest absolute Gasteiger partial charge is 0.337 e. The Hall–Kier alpha value is -2.13. The second-order valence-electron chi connectivity index (χ2n) is 8.16.